The van der Waals surface area contributed by atoms with E-state index in [0.717, 1.165) is 76.9 Å². The Morgan fingerprint density at radius 1 is 1.29 bits per heavy atom. The number of rotatable bonds is 11. The normalized spacial score (nSPS) is 15.3. The van der Waals surface area contributed by atoms with Gasteiger partial charge in [0, 0.05) is 44.5 Å². The highest BCUT2D eigenvalue weighted by Crippen LogP contribution is 2.37. The number of carbonyl (C=O) groups is 1. The predicted molar refractivity (Wildman–Crippen MR) is 142 cm³/mol. The summed E-state index contributed by atoms with van der Waals surface area (Å²) in [6.45, 7) is 7.09. The number of aromatic nitrogens is 1. The number of carboxylic acid groups (broad SMARTS) is 1. The zero-order valence-corrected chi connectivity index (χ0v) is 21.6. The first-order chi connectivity index (χ1) is 17.0. The molecule has 0 radical (unpaired) electrons. The van der Waals surface area contributed by atoms with Gasteiger partial charge in [0.05, 0.1) is 39.6 Å². The second-order valence-electron chi connectivity index (χ2n) is 9.10. The molecular formula is C27H35N3O4S. The van der Waals surface area contributed by atoms with Gasteiger partial charge in [-0.25, -0.2) is 4.98 Å². The van der Waals surface area contributed by atoms with Gasteiger partial charge in [-0.2, -0.15) is 0 Å². The van der Waals surface area contributed by atoms with E-state index in [9.17, 15) is 9.90 Å². The zero-order valence-electron chi connectivity index (χ0n) is 20.8. The molecule has 1 saturated heterocycles. The number of thiazole rings is 1. The fourth-order valence-electron chi connectivity index (χ4n) is 4.85. The number of aryl methyl sites for hydroxylation is 1. The fraction of sp³-hybridized carbons (Fsp3) is 0.481. The molecule has 0 amide bonds. The van der Waals surface area contributed by atoms with Gasteiger partial charge in [-0.1, -0.05) is 13.0 Å². The number of hydrogen-bond acceptors (Lipinski definition) is 7. The van der Waals surface area contributed by atoms with Crippen molar-refractivity contribution < 1.29 is 19.4 Å². The average molecular weight is 498 g/mol. The van der Waals surface area contributed by atoms with Crippen molar-refractivity contribution in [3.05, 3.63) is 47.0 Å². The maximum Gasteiger partial charge on any atom is 0.304 e. The van der Waals surface area contributed by atoms with Crippen molar-refractivity contribution in [1.82, 2.24) is 4.98 Å². The molecule has 3 aromatic rings. The molecule has 2 aromatic carbocycles. The summed E-state index contributed by atoms with van der Waals surface area (Å²) in [5.74, 6) is -1.05. The van der Waals surface area contributed by atoms with Crippen LogP contribution in [-0.2, 0) is 14.3 Å². The quantitative estimate of drug-likeness (QED) is 0.339. The van der Waals surface area contributed by atoms with Crippen LogP contribution in [0.1, 0.15) is 49.1 Å². The summed E-state index contributed by atoms with van der Waals surface area (Å²) in [6.07, 6.45) is 3.06. The monoisotopic (exact) mass is 497 g/mol. The van der Waals surface area contributed by atoms with E-state index in [1.807, 2.05) is 13.0 Å². The molecule has 7 nitrogen and oxygen atoms in total. The summed E-state index contributed by atoms with van der Waals surface area (Å²) in [5, 5.41) is 14.2. The summed E-state index contributed by atoms with van der Waals surface area (Å²) in [4.78, 5) is 18.6. The van der Waals surface area contributed by atoms with E-state index in [1.54, 1.807) is 18.4 Å². The van der Waals surface area contributed by atoms with Crippen LogP contribution in [0.15, 0.2) is 36.4 Å². The van der Waals surface area contributed by atoms with Crippen LogP contribution in [0, 0.1) is 6.92 Å². The number of methoxy groups -OCH3 is 1. The van der Waals surface area contributed by atoms with Crippen LogP contribution in [0.3, 0.4) is 0 Å². The van der Waals surface area contributed by atoms with Gasteiger partial charge in [0.15, 0.2) is 0 Å². The van der Waals surface area contributed by atoms with E-state index in [-0.39, 0.29) is 12.3 Å². The van der Waals surface area contributed by atoms with Gasteiger partial charge in [-0.05, 0) is 62.1 Å². The third kappa shape index (κ3) is 6.31. The molecule has 2 N–H and O–H groups in total. The van der Waals surface area contributed by atoms with E-state index in [4.69, 9.17) is 9.47 Å². The Labute approximate surface area is 211 Å². The van der Waals surface area contributed by atoms with Crippen LogP contribution in [-0.4, -0.2) is 55.6 Å². The summed E-state index contributed by atoms with van der Waals surface area (Å²) >= 11 is 1.68. The minimum Gasteiger partial charge on any atom is -0.481 e. The Balaban J connectivity index is 1.75. The number of hydrogen-bond donors (Lipinski definition) is 2. The minimum absolute atomic E-state index is 0.0252. The zero-order chi connectivity index (χ0) is 24.8. The third-order valence-corrected chi connectivity index (χ3v) is 7.39. The molecule has 0 saturated carbocycles. The maximum absolute atomic E-state index is 11.5. The van der Waals surface area contributed by atoms with Gasteiger partial charge < -0.3 is 24.8 Å². The molecule has 188 valence electrons. The first-order valence-corrected chi connectivity index (χ1v) is 13.1. The first kappa shape index (κ1) is 25.4. The van der Waals surface area contributed by atoms with Crippen LogP contribution in [0.5, 0.6) is 0 Å². The molecule has 1 aliphatic rings. The molecular weight excluding hydrogens is 462 g/mol. The van der Waals surface area contributed by atoms with E-state index in [1.165, 1.54) is 0 Å². The molecule has 35 heavy (non-hydrogen) atoms. The van der Waals surface area contributed by atoms with Gasteiger partial charge in [-0.3, -0.25) is 4.79 Å². The van der Waals surface area contributed by atoms with E-state index < -0.39 is 5.97 Å². The molecule has 1 atom stereocenters. The smallest absolute Gasteiger partial charge is 0.304 e. The topological polar surface area (TPSA) is 83.9 Å². The first-order valence-electron chi connectivity index (χ1n) is 12.3. The fourth-order valence-corrected chi connectivity index (χ4v) is 5.72. The Bertz CT molecular complexity index is 1140. The van der Waals surface area contributed by atoms with Crippen LogP contribution in [0.25, 0.3) is 10.2 Å². The SMILES string of the molecule is CCCN(c1ccc([C@H](COC)CC(=O)O)cc1Nc1ccc2nc(C)sc2c1)C1CCOCC1. The molecule has 2 heterocycles. The molecule has 1 fully saturated rings. The van der Waals surface area contributed by atoms with E-state index >= 15 is 0 Å². The molecule has 0 unspecified atom stereocenters. The Morgan fingerprint density at radius 3 is 2.80 bits per heavy atom. The van der Waals surface area contributed by atoms with Crippen molar-refractivity contribution in [1.29, 1.82) is 0 Å². The molecule has 0 aliphatic carbocycles. The van der Waals surface area contributed by atoms with Gasteiger partial charge in [0.1, 0.15) is 0 Å². The average Bonchev–Trinajstić information content (AvgIpc) is 3.22. The van der Waals surface area contributed by atoms with Crippen molar-refractivity contribution in [2.75, 3.05) is 43.7 Å². The molecule has 0 spiro atoms. The maximum atomic E-state index is 11.5. The van der Waals surface area contributed by atoms with Crippen molar-refractivity contribution in [3.8, 4) is 0 Å². The summed E-state index contributed by atoms with van der Waals surface area (Å²) < 4.78 is 12.1. The van der Waals surface area contributed by atoms with Crippen LogP contribution in [0.2, 0.25) is 0 Å². The highest BCUT2D eigenvalue weighted by Gasteiger charge is 2.25. The van der Waals surface area contributed by atoms with Crippen molar-refractivity contribution in [2.45, 2.75) is 51.5 Å². The Kier molecular flexibility index (Phi) is 8.59. The third-order valence-electron chi connectivity index (χ3n) is 6.46. The predicted octanol–water partition coefficient (Wildman–Crippen LogP) is 5.95. The van der Waals surface area contributed by atoms with Gasteiger partial charge in [-0.15, -0.1) is 11.3 Å². The number of ether oxygens (including phenoxy) is 2. The number of carboxylic acids is 1. The summed E-state index contributed by atoms with van der Waals surface area (Å²) in [5.41, 5.74) is 5.07. The Morgan fingerprint density at radius 2 is 2.09 bits per heavy atom. The highest BCUT2D eigenvalue weighted by molar-refractivity contribution is 7.18. The van der Waals surface area contributed by atoms with Gasteiger partial charge in [0.2, 0.25) is 0 Å². The number of benzene rings is 2. The van der Waals surface area contributed by atoms with Gasteiger partial charge >= 0.3 is 5.97 Å². The number of fused-ring (bicyclic) bond motifs is 1. The van der Waals surface area contributed by atoms with Crippen LogP contribution >= 0.6 is 11.3 Å². The lowest BCUT2D eigenvalue weighted by Crippen LogP contribution is -2.40. The van der Waals surface area contributed by atoms with E-state index in [0.29, 0.717) is 12.6 Å². The molecule has 1 aliphatic heterocycles. The lowest BCUT2D eigenvalue weighted by molar-refractivity contribution is -0.137. The second-order valence-corrected chi connectivity index (χ2v) is 10.3. The lowest BCUT2D eigenvalue weighted by Gasteiger charge is -2.37. The van der Waals surface area contributed by atoms with Crippen molar-refractivity contribution in [3.63, 3.8) is 0 Å². The number of anilines is 3. The van der Waals surface area contributed by atoms with Crippen LogP contribution < -0.4 is 10.2 Å². The molecule has 4 rings (SSSR count). The molecule has 8 heteroatoms. The molecule has 1 aromatic heterocycles. The van der Waals surface area contributed by atoms with Crippen molar-refractivity contribution >= 4 is 44.6 Å². The number of aliphatic carboxylic acids is 1. The highest BCUT2D eigenvalue weighted by atomic mass is 32.1. The summed E-state index contributed by atoms with van der Waals surface area (Å²) in [6, 6.07) is 13.0. The minimum atomic E-state index is -0.827. The molecule has 0 bridgehead atoms. The standard InChI is InChI=1S/C27H35N3O4S/c1-4-11-30(22-9-12-34-13-10-22)25-8-5-19(20(17-33-3)15-27(31)32)14-24(25)29-21-6-7-23-26(16-21)35-18(2)28-23/h5-8,14,16,20,22,29H,4,9-13,15,17H2,1-3H3,(H,31,32)/t20-/m0/s1. The van der Waals surface area contributed by atoms with Crippen LogP contribution in [0.4, 0.5) is 17.1 Å². The Hall–Kier alpha value is -2.68. The van der Waals surface area contributed by atoms with Gasteiger partial charge in [0.25, 0.3) is 0 Å². The lowest BCUT2D eigenvalue weighted by atomic mass is 9.94. The number of nitrogens with zero attached hydrogens (tertiary/aromatic N) is 2. The number of nitrogens with one attached hydrogen (secondary N) is 1. The summed E-state index contributed by atoms with van der Waals surface area (Å²) in [7, 11) is 1.61. The van der Waals surface area contributed by atoms with Crippen molar-refractivity contribution in [2.24, 2.45) is 0 Å². The largest absolute Gasteiger partial charge is 0.481 e. The second kappa shape index (κ2) is 11.8. The van der Waals surface area contributed by atoms with E-state index in [2.05, 4.69) is 52.5 Å².